The van der Waals surface area contributed by atoms with Gasteiger partial charge in [0.1, 0.15) is 17.3 Å². The molecular formula is C17H14BrNO3S. The molecule has 0 aliphatic carbocycles. The topological polar surface area (TPSA) is 51.5 Å². The van der Waals surface area contributed by atoms with Crippen molar-refractivity contribution in [1.82, 2.24) is 5.32 Å². The fourth-order valence-corrected chi connectivity index (χ4v) is 3.17. The lowest BCUT2D eigenvalue weighted by Gasteiger charge is -2.07. The zero-order chi connectivity index (χ0) is 16.2. The van der Waals surface area contributed by atoms with E-state index in [1.54, 1.807) is 36.6 Å². The minimum absolute atomic E-state index is 0.191. The zero-order valence-electron chi connectivity index (χ0n) is 12.3. The van der Waals surface area contributed by atoms with Crippen LogP contribution in [0.4, 0.5) is 0 Å². The number of thiophene rings is 1. The number of hydrogen-bond donors (Lipinski definition) is 1. The van der Waals surface area contributed by atoms with Gasteiger partial charge >= 0.3 is 0 Å². The van der Waals surface area contributed by atoms with Crippen LogP contribution < -0.4 is 10.1 Å². The Hall–Kier alpha value is -2.05. The molecule has 0 radical (unpaired) electrons. The van der Waals surface area contributed by atoms with Gasteiger partial charge in [0.2, 0.25) is 0 Å². The van der Waals surface area contributed by atoms with Crippen molar-refractivity contribution in [2.75, 3.05) is 7.11 Å². The highest BCUT2D eigenvalue weighted by molar-refractivity contribution is 9.10. The highest BCUT2D eigenvalue weighted by Crippen LogP contribution is 2.25. The van der Waals surface area contributed by atoms with E-state index in [4.69, 9.17) is 9.15 Å². The number of ether oxygens (including phenoxy) is 1. The molecule has 6 heteroatoms. The van der Waals surface area contributed by atoms with E-state index >= 15 is 0 Å². The maximum absolute atomic E-state index is 12.3. The van der Waals surface area contributed by atoms with Crippen LogP contribution >= 0.6 is 27.3 Å². The number of nitrogens with one attached hydrogen (secondary N) is 1. The van der Waals surface area contributed by atoms with Gasteiger partial charge in [0.25, 0.3) is 5.91 Å². The van der Waals surface area contributed by atoms with E-state index < -0.39 is 0 Å². The van der Waals surface area contributed by atoms with Crippen molar-refractivity contribution >= 4 is 33.2 Å². The molecule has 1 N–H and O–H groups in total. The van der Waals surface area contributed by atoms with E-state index in [-0.39, 0.29) is 5.91 Å². The summed E-state index contributed by atoms with van der Waals surface area (Å²) in [4.78, 5) is 12.3. The first-order chi connectivity index (χ1) is 11.2. The molecule has 0 unspecified atom stereocenters. The molecule has 1 amide bonds. The van der Waals surface area contributed by atoms with Crippen LogP contribution in [0.3, 0.4) is 0 Å². The molecule has 2 aromatic heterocycles. The molecular weight excluding hydrogens is 378 g/mol. The minimum Gasteiger partial charge on any atom is -0.497 e. The molecule has 0 spiro atoms. The molecule has 0 aliphatic rings. The van der Waals surface area contributed by atoms with E-state index in [1.165, 1.54) is 0 Å². The van der Waals surface area contributed by atoms with E-state index in [0.717, 1.165) is 11.3 Å². The lowest BCUT2D eigenvalue weighted by molar-refractivity contribution is 0.0947. The van der Waals surface area contributed by atoms with Gasteiger partial charge in [-0.25, -0.2) is 0 Å². The van der Waals surface area contributed by atoms with Crippen molar-refractivity contribution < 1.29 is 13.9 Å². The Morgan fingerprint density at radius 1 is 1.30 bits per heavy atom. The molecule has 0 saturated heterocycles. The predicted octanol–water partition coefficient (Wildman–Crippen LogP) is 4.71. The van der Waals surface area contributed by atoms with Crippen molar-refractivity contribution in [3.8, 4) is 17.1 Å². The Labute approximate surface area is 146 Å². The zero-order valence-corrected chi connectivity index (χ0v) is 14.7. The third kappa shape index (κ3) is 3.65. The summed E-state index contributed by atoms with van der Waals surface area (Å²) in [6, 6.07) is 11.0. The molecule has 23 heavy (non-hydrogen) atoms. The van der Waals surface area contributed by atoms with Gasteiger partial charge in [0.15, 0.2) is 0 Å². The number of furan rings is 1. The molecule has 3 rings (SSSR count). The van der Waals surface area contributed by atoms with Crippen LogP contribution in [0.25, 0.3) is 11.3 Å². The average Bonchev–Trinajstić information content (AvgIpc) is 3.24. The minimum atomic E-state index is -0.191. The lowest BCUT2D eigenvalue weighted by Crippen LogP contribution is -2.23. The lowest BCUT2D eigenvalue weighted by atomic mass is 10.2. The second-order valence-electron chi connectivity index (χ2n) is 4.81. The Morgan fingerprint density at radius 3 is 2.91 bits per heavy atom. The van der Waals surface area contributed by atoms with E-state index in [9.17, 15) is 4.79 Å². The van der Waals surface area contributed by atoms with Gasteiger partial charge in [-0.2, -0.15) is 11.3 Å². The molecule has 1 aromatic carbocycles. The summed E-state index contributed by atoms with van der Waals surface area (Å²) in [6.45, 7) is 0.326. The second kappa shape index (κ2) is 7.02. The fourth-order valence-electron chi connectivity index (χ4n) is 2.10. The SMILES string of the molecule is COc1ccc(Br)c(C(=O)NCc2ccc(-c3ccsc3)o2)c1. The number of rotatable bonds is 5. The maximum Gasteiger partial charge on any atom is 0.252 e. The molecule has 0 fully saturated rings. The number of hydrogen-bond acceptors (Lipinski definition) is 4. The van der Waals surface area contributed by atoms with E-state index in [0.29, 0.717) is 28.1 Å². The van der Waals surface area contributed by atoms with Gasteiger partial charge in [-0.15, -0.1) is 0 Å². The number of carbonyl (C=O) groups excluding carboxylic acids is 1. The number of halogens is 1. The quantitative estimate of drug-likeness (QED) is 0.684. The summed E-state index contributed by atoms with van der Waals surface area (Å²) >= 11 is 5.00. The van der Waals surface area contributed by atoms with Gasteiger partial charge in [-0.1, -0.05) is 0 Å². The van der Waals surface area contributed by atoms with Gasteiger partial charge in [0, 0.05) is 15.4 Å². The van der Waals surface area contributed by atoms with Crippen LogP contribution in [0, 0.1) is 0 Å². The summed E-state index contributed by atoms with van der Waals surface area (Å²) in [5.41, 5.74) is 1.57. The van der Waals surface area contributed by atoms with Gasteiger partial charge in [-0.3, -0.25) is 4.79 Å². The van der Waals surface area contributed by atoms with Crippen LogP contribution in [0.1, 0.15) is 16.1 Å². The number of benzene rings is 1. The fraction of sp³-hybridized carbons (Fsp3) is 0.118. The van der Waals surface area contributed by atoms with Crippen molar-refractivity contribution in [2.24, 2.45) is 0 Å². The number of methoxy groups -OCH3 is 1. The number of amides is 1. The Morgan fingerprint density at radius 2 is 2.17 bits per heavy atom. The first-order valence-corrected chi connectivity index (χ1v) is 8.64. The van der Waals surface area contributed by atoms with Crippen LogP contribution in [-0.4, -0.2) is 13.0 Å². The summed E-state index contributed by atoms with van der Waals surface area (Å²) in [6.07, 6.45) is 0. The third-order valence-corrected chi connectivity index (χ3v) is 4.68. The molecule has 2 heterocycles. The Balaban J connectivity index is 1.67. The summed E-state index contributed by atoms with van der Waals surface area (Å²) < 4.78 is 11.6. The molecule has 4 nitrogen and oxygen atoms in total. The first kappa shape index (κ1) is 15.8. The van der Waals surface area contributed by atoms with Crippen molar-refractivity contribution in [2.45, 2.75) is 6.54 Å². The van der Waals surface area contributed by atoms with E-state index in [1.807, 2.05) is 29.0 Å². The third-order valence-electron chi connectivity index (χ3n) is 3.31. The van der Waals surface area contributed by atoms with E-state index in [2.05, 4.69) is 21.2 Å². The molecule has 0 bridgehead atoms. The largest absolute Gasteiger partial charge is 0.497 e. The van der Waals surface area contributed by atoms with Crippen LogP contribution in [0.5, 0.6) is 5.75 Å². The smallest absolute Gasteiger partial charge is 0.252 e. The summed E-state index contributed by atoms with van der Waals surface area (Å²) in [5.74, 6) is 1.96. The monoisotopic (exact) mass is 391 g/mol. The van der Waals surface area contributed by atoms with Gasteiger partial charge < -0.3 is 14.5 Å². The number of carbonyl (C=O) groups is 1. The Bertz CT molecular complexity index is 811. The van der Waals surface area contributed by atoms with Crippen LogP contribution in [0.15, 0.2) is 56.0 Å². The first-order valence-electron chi connectivity index (χ1n) is 6.90. The van der Waals surface area contributed by atoms with Crippen molar-refractivity contribution in [3.63, 3.8) is 0 Å². The summed E-state index contributed by atoms with van der Waals surface area (Å²) in [5, 5.41) is 6.87. The van der Waals surface area contributed by atoms with Gasteiger partial charge in [-0.05, 0) is 57.7 Å². The van der Waals surface area contributed by atoms with Gasteiger partial charge in [0.05, 0.1) is 19.2 Å². The molecule has 3 aromatic rings. The molecule has 118 valence electrons. The highest BCUT2D eigenvalue weighted by atomic mass is 79.9. The van der Waals surface area contributed by atoms with Crippen molar-refractivity contribution in [3.05, 3.63) is 63.0 Å². The maximum atomic E-state index is 12.3. The van der Waals surface area contributed by atoms with Crippen molar-refractivity contribution in [1.29, 1.82) is 0 Å². The average molecular weight is 392 g/mol. The summed E-state index contributed by atoms with van der Waals surface area (Å²) in [7, 11) is 1.57. The predicted molar refractivity (Wildman–Crippen MR) is 93.9 cm³/mol. The molecule has 0 saturated carbocycles. The normalized spacial score (nSPS) is 10.5. The van der Waals surface area contributed by atoms with Crippen LogP contribution in [-0.2, 0) is 6.54 Å². The molecule has 0 atom stereocenters. The molecule has 0 aliphatic heterocycles. The van der Waals surface area contributed by atoms with Crippen LogP contribution in [0.2, 0.25) is 0 Å². The Kier molecular flexibility index (Phi) is 4.83. The highest BCUT2D eigenvalue weighted by Gasteiger charge is 2.12. The second-order valence-corrected chi connectivity index (χ2v) is 6.44. The standard InChI is InChI=1S/C17H14BrNO3S/c1-21-12-2-4-15(18)14(8-12)17(20)19-9-13-3-5-16(22-13)11-6-7-23-10-11/h2-8,10H,9H2,1H3,(H,19,20).